The number of amides is 2. The standard InChI is InChI=1S/C27H34N4O5.C13H11NO2/c32-23-10-8-21(22-9-11-25(34)30-26(22)23)24(33)18-28-12-13-29-27(35)19-4-6-20(7-5-19)36-17-16-31-14-2-1-3-15-31;15-13(16)14-12-9-5-4-8-11(12)10-6-2-1-3-7-10/h4-11,24,28,32-33H,1-3,12-18H2,(H,29,35)(H,30,34);1-9,14H,(H,15,16)/t24-;/m0./s1. The highest BCUT2D eigenvalue weighted by molar-refractivity contribution is 5.94. The molecule has 12 nitrogen and oxygen atoms in total. The van der Waals surface area contributed by atoms with E-state index >= 15 is 0 Å². The zero-order valence-corrected chi connectivity index (χ0v) is 28.9. The van der Waals surface area contributed by atoms with Crippen molar-refractivity contribution in [2.75, 3.05) is 51.2 Å². The number of aromatic hydroxyl groups is 1. The topological polar surface area (TPSA) is 176 Å². The number of anilines is 1. The number of benzene rings is 4. The van der Waals surface area contributed by atoms with E-state index in [9.17, 15) is 24.6 Å². The number of ether oxygens (including phenoxy) is 1. The van der Waals surface area contributed by atoms with Gasteiger partial charge in [-0.2, -0.15) is 0 Å². The molecule has 0 bridgehead atoms. The maximum Gasteiger partial charge on any atom is 0.409 e. The lowest BCUT2D eigenvalue weighted by Crippen LogP contribution is -2.33. The first-order chi connectivity index (χ1) is 25.3. The van der Waals surface area contributed by atoms with Crippen LogP contribution < -0.4 is 26.2 Å². The van der Waals surface area contributed by atoms with Gasteiger partial charge in [-0.3, -0.25) is 19.8 Å². The minimum Gasteiger partial charge on any atom is -0.506 e. The summed E-state index contributed by atoms with van der Waals surface area (Å²) >= 11 is 0. The summed E-state index contributed by atoms with van der Waals surface area (Å²) in [7, 11) is 0. The number of aliphatic hydroxyl groups excluding tert-OH is 1. The van der Waals surface area contributed by atoms with Crippen molar-refractivity contribution in [2.45, 2.75) is 25.4 Å². The molecule has 1 aliphatic heterocycles. The average molecular weight is 708 g/mol. The van der Waals surface area contributed by atoms with E-state index < -0.39 is 12.2 Å². The van der Waals surface area contributed by atoms with Crippen molar-refractivity contribution in [3.05, 3.63) is 125 Å². The minimum absolute atomic E-state index is 0.0497. The molecule has 4 aromatic carbocycles. The van der Waals surface area contributed by atoms with Crippen LogP contribution in [-0.2, 0) is 0 Å². The van der Waals surface area contributed by atoms with E-state index in [-0.39, 0.29) is 23.8 Å². The Morgan fingerprint density at radius 1 is 0.846 bits per heavy atom. The molecule has 2 heterocycles. The molecule has 0 spiro atoms. The first-order valence-electron chi connectivity index (χ1n) is 17.4. The summed E-state index contributed by atoms with van der Waals surface area (Å²) in [6, 6.07) is 30.1. The molecule has 0 saturated carbocycles. The van der Waals surface area contributed by atoms with E-state index in [0.29, 0.717) is 47.4 Å². The number of nitrogens with one attached hydrogen (secondary N) is 4. The van der Waals surface area contributed by atoms with Crippen molar-refractivity contribution < 1.29 is 29.6 Å². The number of rotatable bonds is 13. The number of carbonyl (C=O) groups is 2. The molecule has 2 amide bonds. The van der Waals surface area contributed by atoms with Crippen LogP contribution in [0.1, 0.15) is 41.3 Å². The molecule has 0 aliphatic carbocycles. The lowest BCUT2D eigenvalue weighted by atomic mass is 10.0. The maximum absolute atomic E-state index is 12.4. The summed E-state index contributed by atoms with van der Waals surface area (Å²) < 4.78 is 5.82. The Kier molecular flexibility index (Phi) is 13.8. The highest BCUT2D eigenvalue weighted by Gasteiger charge is 2.14. The fourth-order valence-corrected chi connectivity index (χ4v) is 6.02. The Bertz CT molecular complexity index is 1960. The first kappa shape index (κ1) is 37.6. The number of aliphatic hydroxyl groups is 1. The number of carboxylic acid groups (broad SMARTS) is 1. The number of nitrogens with zero attached hydrogens (tertiary/aromatic N) is 1. The van der Waals surface area contributed by atoms with Crippen molar-refractivity contribution in [1.29, 1.82) is 0 Å². The number of hydrogen-bond acceptors (Lipinski definition) is 8. The van der Waals surface area contributed by atoms with Gasteiger partial charge in [-0.05, 0) is 79.5 Å². The van der Waals surface area contributed by atoms with Crippen LogP contribution in [0, 0.1) is 0 Å². The van der Waals surface area contributed by atoms with Gasteiger partial charge < -0.3 is 35.7 Å². The average Bonchev–Trinajstić information content (AvgIpc) is 3.16. The summed E-state index contributed by atoms with van der Waals surface area (Å²) in [6.45, 7) is 4.96. The third kappa shape index (κ3) is 10.9. The largest absolute Gasteiger partial charge is 0.506 e. The normalized spacial score (nSPS) is 13.4. The van der Waals surface area contributed by atoms with E-state index in [1.54, 1.807) is 36.4 Å². The van der Waals surface area contributed by atoms with Crippen molar-refractivity contribution >= 4 is 28.6 Å². The Balaban J connectivity index is 0.000000272. The van der Waals surface area contributed by atoms with Crippen LogP contribution in [0.5, 0.6) is 11.5 Å². The van der Waals surface area contributed by atoms with E-state index in [1.807, 2.05) is 54.6 Å². The van der Waals surface area contributed by atoms with Gasteiger partial charge in [-0.15, -0.1) is 0 Å². The lowest BCUT2D eigenvalue weighted by Gasteiger charge is -2.26. The first-order valence-corrected chi connectivity index (χ1v) is 17.4. The SMILES string of the molecule is O=C(NCCNC[C@H](O)c1ccc(O)c2[nH]c(=O)ccc12)c1ccc(OCCN2CCCCC2)cc1.O=C(O)Nc1ccccc1-c1ccccc1. The second-order valence-electron chi connectivity index (χ2n) is 12.4. The van der Waals surface area contributed by atoms with Crippen molar-refractivity contribution in [3.8, 4) is 22.6 Å². The molecule has 7 N–H and O–H groups in total. The van der Waals surface area contributed by atoms with Gasteiger partial charge in [0.15, 0.2) is 0 Å². The van der Waals surface area contributed by atoms with Gasteiger partial charge in [0, 0.05) is 48.8 Å². The van der Waals surface area contributed by atoms with Crippen molar-refractivity contribution in [1.82, 2.24) is 20.5 Å². The Hall–Kier alpha value is -5.69. The van der Waals surface area contributed by atoms with E-state index in [4.69, 9.17) is 9.84 Å². The van der Waals surface area contributed by atoms with Crippen LogP contribution in [0.3, 0.4) is 0 Å². The number of phenolic OH excluding ortho intramolecular Hbond substituents is 1. The third-order valence-electron chi connectivity index (χ3n) is 8.69. The van der Waals surface area contributed by atoms with E-state index in [2.05, 4.69) is 25.8 Å². The number of phenols is 1. The molecule has 1 fully saturated rings. The van der Waals surface area contributed by atoms with Gasteiger partial charge in [0.2, 0.25) is 5.56 Å². The molecule has 1 aliphatic rings. The van der Waals surface area contributed by atoms with Crippen LogP contribution >= 0.6 is 0 Å². The van der Waals surface area contributed by atoms with Crippen molar-refractivity contribution in [3.63, 3.8) is 0 Å². The van der Waals surface area contributed by atoms with Gasteiger partial charge >= 0.3 is 6.09 Å². The number of aromatic nitrogens is 1. The summed E-state index contributed by atoms with van der Waals surface area (Å²) in [5, 5.41) is 38.2. The number of aromatic amines is 1. The number of pyridine rings is 1. The number of likely N-dealkylation sites (tertiary alicyclic amines) is 1. The monoisotopic (exact) mass is 707 g/mol. The molecular weight excluding hydrogens is 662 g/mol. The van der Waals surface area contributed by atoms with Crippen molar-refractivity contribution in [2.24, 2.45) is 0 Å². The number of fused-ring (bicyclic) bond motifs is 1. The van der Waals surface area contributed by atoms with E-state index in [0.717, 1.165) is 36.5 Å². The molecule has 52 heavy (non-hydrogen) atoms. The molecule has 6 rings (SSSR count). The molecule has 12 heteroatoms. The van der Waals surface area contributed by atoms with Crippen LogP contribution in [0.25, 0.3) is 22.0 Å². The molecule has 1 atom stereocenters. The number of para-hydroxylation sites is 1. The zero-order chi connectivity index (χ0) is 36.7. The maximum atomic E-state index is 12.4. The molecular formula is C40H45N5O7. The molecule has 5 aromatic rings. The summed E-state index contributed by atoms with van der Waals surface area (Å²) in [5.41, 5.74) is 3.59. The van der Waals surface area contributed by atoms with Crippen LogP contribution in [0.15, 0.2) is 108 Å². The predicted octanol–water partition coefficient (Wildman–Crippen LogP) is 5.59. The van der Waals surface area contributed by atoms with Gasteiger partial charge in [0.1, 0.15) is 18.1 Å². The number of piperidine rings is 1. The van der Waals surface area contributed by atoms with Gasteiger partial charge in [0.25, 0.3) is 5.91 Å². The Morgan fingerprint density at radius 3 is 2.33 bits per heavy atom. The fraction of sp³-hybridized carbons (Fsp3) is 0.275. The molecule has 1 aromatic heterocycles. The Labute approximate surface area is 302 Å². The molecule has 1 saturated heterocycles. The highest BCUT2D eigenvalue weighted by Crippen LogP contribution is 2.29. The highest BCUT2D eigenvalue weighted by atomic mass is 16.5. The number of carbonyl (C=O) groups excluding carboxylic acids is 1. The Morgan fingerprint density at radius 2 is 1.58 bits per heavy atom. The zero-order valence-electron chi connectivity index (χ0n) is 28.9. The van der Waals surface area contributed by atoms with Gasteiger partial charge in [0.05, 0.1) is 17.3 Å². The second kappa shape index (κ2) is 19.1. The van der Waals surface area contributed by atoms with Crippen LogP contribution in [-0.4, -0.2) is 83.1 Å². The van der Waals surface area contributed by atoms with E-state index in [1.165, 1.54) is 31.4 Å². The van der Waals surface area contributed by atoms with Gasteiger partial charge in [-0.25, -0.2) is 4.79 Å². The number of H-pyrrole nitrogens is 1. The summed E-state index contributed by atoms with van der Waals surface area (Å²) in [4.78, 5) is 39.6. The second-order valence-corrected chi connectivity index (χ2v) is 12.4. The van der Waals surface area contributed by atoms with Gasteiger partial charge in [-0.1, -0.05) is 61.0 Å². The fourth-order valence-electron chi connectivity index (χ4n) is 6.02. The summed E-state index contributed by atoms with van der Waals surface area (Å²) in [5.74, 6) is 0.530. The third-order valence-corrected chi connectivity index (χ3v) is 8.69. The van der Waals surface area contributed by atoms with Crippen LogP contribution in [0.2, 0.25) is 0 Å². The minimum atomic E-state index is -1.05. The predicted molar refractivity (Wildman–Crippen MR) is 202 cm³/mol. The van der Waals surface area contributed by atoms with Crippen LogP contribution in [0.4, 0.5) is 10.5 Å². The summed E-state index contributed by atoms with van der Waals surface area (Å²) in [6.07, 6.45) is 1.94. The molecule has 0 radical (unpaired) electrons. The lowest BCUT2D eigenvalue weighted by molar-refractivity contribution is 0.0953. The molecule has 272 valence electrons. The quantitative estimate of drug-likeness (QED) is 0.0769. The molecule has 0 unspecified atom stereocenters. The number of hydrogen-bond donors (Lipinski definition) is 7. The smallest absolute Gasteiger partial charge is 0.409 e.